The minimum Gasteiger partial charge on any atom is -0.481 e. The molecule has 17 heteroatoms. The van der Waals surface area contributed by atoms with Crippen LogP contribution in [0.25, 0.3) is 0 Å². The van der Waals surface area contributed by atoms with Crippen LogP contribution in [-0.2, 0) is 28.8 Å². The fraction of sp³-hybridized carbons (Fsp3) is 0.788. The molecule has 0 bridgehead atoms. The lowest BCUT2D eigenvalue weighted by atomic mass is 10.0. The van der Waals surface area contributed by atoms with E-state index in [1.807, 2.05) is 0 Å². The van der Waals surface area contributed by atoms with Crippen molar-refractivity contribution in [3.8, 4) is 0 Å². The largest absolute Gasteiger partial charge is 0.482 e. The predicted molar refractivity (Wildman–Crippen MR) is 175 cm³/mol. The quantitative estimate of drug-likeness (QED) is 0.0610. The number of urea groups is 1. The molecule has 17 nitrogen and oxygen atoms in total. The van der Waals surface area contributed by atoms with Crippen molar-refractivity contribution in [1.29, 1.82) is 0 Å². The van der Waals surface area contributed by atoms with E-state index in [1.165, 1.54) is 0 Å². The fourth-order valence-electron chi connectivity index (χ4n) is 10.4. The van der Waals surface area contributed by atoms with Gasteiger partial charge in [0.2, 0.25) is 0 Å². The zero-order valence-electron chi connectivity index (χ0n) is 29.3. The number of carbonyl (C=O) groups is 7. The lowest BCUT2D eigenvalue weighted by Gasteiger charge is -2.49. The number of nitrogens with zero attached hydrogens (tertiary/aromatic N) is 4. The van der Waals surface area contributed by atoms with Crippen LogP contribution in [0.2, 0.25) is 0 Å². The van der Waals surface area contributed by atoms with Crippen molar-refractivity contribution >= 4 is 41.5 Å². The van der Waals surface area contributed by atoms with Crippen LogP contribution in [0, 0.1) is 0 Å². The summed E-state index contributed by atoms with van der Waals surface area (Å²) in [5.41, 5.74) is 0. The average molecular weight is 713 g/mol. The number of carbonyl (C=O) groups excluding carboxylic acids is 3. The van der Waals surface area contributed by atoms with Gasteiger partial charge < -0.3 is 31.1 Å². The Labute approximate surface area is 292 Å². The zero-order chi connectivity index (χ0) is 36.8. The van der Waals surface area contributed by atoms with E-state index >= 15 is 0 Å². The molecule has 0 aliphatic carbocycles. The van der Waals surface area contributed by atoms with Crippen LogP contribution >= 0.6 is 0 Å². The number of amides is 2. The van der Waals surface area contributed by atoms with Crippen LogP contribution in [0.15, 0.2) is 0 Å². The molecule has 6 N–H and O–H groups in total. The van der Waals surface area contributed by atoms with Crippen molar-refractivity contribution in [3.63, 3.8) is 0 Å². The van der Waals surface area contributed by atoms with Gasteiger partial charge in [-0.2, -0.15) is 8.97 Å². The molecule has 4 heterocycles. The van der Waals surface area contributed by atoms with E-state index in [1.54, 1.807) is 0 Å². The summed E-state index contributed by atoms with van der Waals surface area (Å²) >= 11 is 0. The monoisotopic (exact) mass is 712 g/mol. The number of quaternary nitrogens is 4. The van der Waals surface area contributed by atoms with Gasteiger partial charge in [-0.05, 0) is 25.7 Å². The molecule has 4 unspecified atom stereocenters. The number of rotatable bonds is 23. The van der Waals surface area contributed by atoms with E-state index in [-0.39, 0.29) is 56.9 Å². The highest BCUT2D eigenvalue weighted by Crippen LogP contribution is 2.61. The summed E-state index contributed by atoms with van der Waals surface area (Å²) < 4.78 is 1.77. The molecule has 1 spiro atoms. The molecule has 280 valence electrons. The van der Waals surface area contributed by atoms with Gasteiger partial charge >= 0.3 is 35.8 Å². The number of hydrogen-bond acceptors (Lipinski definition) is 7. The van der Waals surface area contributed by atoms with Crippen molar-refractivity contribution in [2.75, 3.05) is 85.6 Å². The van der Waals surface area contributed by atoms with Crippen molar-refractivity contribution in [3.05, 3.63) is 0 Å². The van der Waals surface area contributed by atoms with E-state index in [4.69, 9.17) is 5.11 Å². The molecule has 0 aromatic rings. The number of carboxylic acid groups (broad SMARTS) is 4. The van der Waals surface area contributed by atoms with Crippen LogP contribution in [0.4, 0.5) is 4.79 Å². The maximum atomic E-state index is 13.6. The lowest BCUT2D eigenvalue weighted by Crippen LogP contribution is -2.85. The van der Waals surface area contributed by atoms with Crippen LogP contribution < -0.4 is 10.6 Å². The summed E-state index contributed by atoms with van der Waals surface area (Å²) in [6.45, 7) is 5.75. The smallest absolute Gasteiger partial charge is 0.481 e. The number of nitrogens with one attached hydrogen (secondary N) is 2. The van der Waals surface area contributed by atoms with Gasteiger partial charge in [0.15, 0.2) is 25.4 Å². The summed E-state index contributed by atoms with van der Waals surface area (Å²) in [6.07, 6.45) is 4.48. The highest BCUT2D eigenvalue weighted by atomic mass is 16.4. The lowest BCUT2D eigenvalue weighted by molar-refractivity contribution is -1.36. The first kappa shape index (κ1) is 39.1. The second-order valence-electron chi connectivity index (χ2n) is 15.2. The Bertz CT molecular complexity index is 1340. The summed E-state index contributed by atoms with van der Waals surface area (Å²) in [7, 11) is 2.15. The maximum Gasteiger partial charge on any atom is 0.482 e. The highest BCUT2D eigenvalue weighted by molar-refractivity contribution is 5.84. The van der Waals surface area contributed by atoms with Gasteiger partial charge in [-0.3, -0.25) is 14.4 Å². The third kappa shape index (κ3) is 7.50. The van der Waals surface area contributed by atoms with Crippen LogP contribution in [0.1, 0.15) is 70.6 Å². The Morgan fingerprint density at radius 2 is 1.06 bits per heavy atom. The molecule has 6 atom stereocenters. The minimum absolute atomic E-state index is 0.00292. The fourth-order valence-corrected chi connectivity index (χ4v) is 10.4. The third-order valence-electron chi connectivity index (χ3n) is 12.0. The molecule has 50 heavy (non-hydrogen) atoms. The number of Topliss-reactive ketones (excluding diaryl/α,β-unsaturated/α-hetero) is 2. The second-order valence-corrected chi connectivity index (χ2v) is 15.2. The van der Waals surface area contributed by atoms with Gasteiger partial charge in [-0.15, -0.1) is 8.97 Å². The third-order valence-corrected chi connectivity index (χ3v) is 12.0. The van der Waals surface area contributed by atoms with E-state index in [2.05, 4.69) is 17.7 Å². The van der Waals surface area contributed by atoms with Crippen LogP contribution in [0.3, 0.4) is 0 Å². The van der Waals surface area contributed by atoms with Crippen LogP contribution in [0.5, 0.6) is 0 Å². The summed E-state index contributed by atoms with van der Waals surface area (Å²) in [4.78, 5) is 84.5. The summed E-state index contributed by atoms with van der Waals surface area (Å²) in [6, 6.07) is -1.97. The van der Waals surface area contributed by atoms with E-state index in [0.717, 1.165) is 38.9 Å². The van der Waals surface area contributed by atoms with E-state index in [9.17, 15) is 48.9 Å². The van der Waals surface area contributed by atoms with Crippen molar-refractivity contribution < 1.29 is 71.9 Å². The molecule has 0 aromatic heterocycles. The normalized spacial score (nSPS) is 31.1. The first-order valence-corrected chi connectivity index (χ1v) is 18.0. The van der Waals surface area contributed by atoms with Crippen molar-refractivity contribution in [1.82, 2.24) is 10.6 Å². The highest BCUT2D eigenvalue weighted by Gasteiger charge is 2.98. The van der Waals surface area contributed by atoms with E-state index < -0.39 is 41.9 Å². The molecule has 4 saturated heterocycles. The molecule has 0 saturated carbocycles. The Morgan fingerprint density at radius 3 is 1.56 bits per heavy atom. The molecule has 0 aromatic carbocycles. The number of likely N-dealkylation sites (N-methyl/N-ethyl adjacent to an activating group) is 1. The number of ketones is 2. The Balaban J connectivity index is 1.20. The molecular weight excluding hydrogens is 656 g/mol. The Kier molecular flexibility index (Phi) is 12.3. The topological polar surface area (TPSA) is 224 Å². The molecular formula is C33H56N6O11+4. The molecule has 4 rings (SSSR count). The van der Waals surface area contributed by atoms with Gasteiger partial charge in [-0.1, -0.05) is 19.3 Å². The first-order valence-electron chi connectivity index (χ1n) is 18.0. The summed E-state index contributed by atoms with van der Waals surface area (Å²) in [5, 5.41) is 42.8. The molecule has 4 aliphatic heterocycles. The van der Waals surface area contributed by atoms with Gasteiger partial charge in [0, 0.05) is 32.2 Å². The number of hydrogen-bond donors (Lipinski definition) is 6. The van der Waals surface area contributed by atoms with Gasteiger partial charge in [0.25, 0.3) is 0 Å². The second kappa shape index (κ2) is 15.7. The summed E-state index contributed by atoms with van der Waals surface area (Å²) in [5.74, 6) is -4.70. The van der Waals surface area contributed by atoms with Gasteiger partial charge in [-0.25, -0.2) is 19.2 Å². The van der Waals surface area contributed by atoms with Crippen molar-refractivity contribution in [2.45, 2.75) is 82.6 Å². The Morgan fingerprint density at radius 1 is 0.580 bits per heavy atom. The average Bonchev–Trinajstić information content (AvgIpc) is 3.65. The minimum atomic E-state index is -1.26. The molecule has 4 fully saturated rings. The predicted octanol–water partition coefficient (Wildman–Crippen LogP) is -0.0154. The van der Waals surface area contributed by atoms with Crippen LogP contribution in [-0.4, -0.2) is 177 Å². The standard InChI is InChI=1S/C33H52N6O11/c1-36-14-16-37(18-19-39(24-30(46)47)21-20-38(17-15-36,23-29(44)45)33(36,37)39)22-26(41)9-6-4-2-3-5-8-25(40)11-12-27(31(48)49)35-32(50)34-13-7-10-28(42)43/h27H,2-24H2,1H3,(H2-4,34,35,42,43,44,45,46,47,48,49,50)/p+4/t27-,33-,36?,37?,38?,39?/m0/s1. The molecule has 4 aliphatic rings. The zero-order valence-corrected chi connectivity index (χ0v) is 29.3. The first-order chi connectivity index (χ1) is 23.6. The van der Waals surface area contributed by atoms with Gasteiger partial charge in [0.1, 0.15) is 64.2 Å². The SMILES string of the molecule is C[N+]12CC[N+]3(CC(=O)O)CC[N+]4(CC(=O)O)CC[N+](CC(=O)CCCCCCCC(=O)CC[C@H](NC(=O)NCCCC(=O)O)C(=O)O)(CC1)[C@@]234. The molecule has 0 radical (unpaired) electrons. The Hall–Kier alpha value is -3.67. The number of carboxylic acids is 4. The van der Waals surface area contributed by atoms with Crippen molar-refractivity contribution in [2.24, 2.45) is 0 Å². The number of aliphatic carboxylic acids is 4. The number of unbranched alkanes of at least 4 members (excludes halogenated alkanes) is 4. The van der Waals surface area contributed by atoms with Gasteiger partial charge in [0.05, 0.1) is 7.05 Å². The van der Waals surface area contributed by atoms with E-state index in [0.29, 0.717) is 82.9 Å². The maximum absolute atomic E-state index is 13.6. The molecule has 2 amide bonds.